The van der Waals surface area contributed by atoms with Gasteiger partial charge in [-0.25, -0.2) is 13.4 Å². The third-order valence-corrected chi connectivity index (χ3v) is 8.97. The van der Waals surface area contributed by atoms with E-state index in [0.29, 0.717) is 16.8 Å². The van der Waals surface area contributed by atoms with E-state index < -0.39 is 27.8 Å². The molecule has 0 spiro atoms. The fourth-order valence-corrected chi connectivity index (χ4v) is 6.93. The number of aryl methyl sites for hydroxylation is 1. The molecule has 3 aromatic rings. The summed E-state index contributed by atoms with van der Waals surface area (Å²) in [6.07, 6.45) is 8.18. The van der Waals surface area contributed by atoms with E-state index in [1.165, 1.54) is 12.2 Å². The number of carboxylic acid groups (broad SMARTS) is 1. The molecule has 2 aliphatic carbocycles. The fourth-order valence-electron chi connectivity index (χ4n) is 4.41. The Hall–Kier alpha value is -3.34. The van der Waals surface area contributed by atoms with Gasteiger partial charge in [0.15, 0.2) is 0 Å². The highest BCUT2D eigenvalue weighted by molar-refractivity contribution is 7.93. The maximum absolute atomic E-state index is 13.6. The first-order valence-corrected chi connectivity index (χ1v) is 14.1. The lowest BCUT2D eigenvalue weighted by atomic mass is 10.1. The van der Waals surface area contributed by atoms with Crippen LogP contribution >= 0.6 is 23.2 Å². The highest BCUT2D eigenvalue weighted by atomic mass is 35.5. The average Bonchev–Trinajstić information content (AvgIpc) is 3.62. The number of amides is 1. The second kappa shape index (κ2) is 10.1. The van der Waals surface area contributed by atoms with E-state index in [1.54, 1.807) is 36.5 Å². The standard InChI is InChI=1S/C26H24Cl2N4O5S/c1-15-13-31(24-8-16(6-7-29-24)26(35)30-19-2-3-19)23-5-4-20(12-22(15)23)32(14-25(33)34)38(36,37)21-10-17(27)9-18(28)11-21/h4-10,12-13,19,21H,2-3,11,14H2,1H3,(H,30,35)(H,33,34). The van der Waals surface area contributed by atoms with Crippen molar-refractivity contribution in [2.24, 2.45) is 0 Å². The molecule has 38 heavy (non-hydrogen) atoms. The first-order valence-electron chi connectivity index (χ1n) is 11.9. The fraction of sp³-hybridized carbons (Fsp3) is 0.269. The summed E-state index contributed by atoms with van der Waals surface area (Å²) in [7, 11) is -4.18. The van der Waals surface area contributed by atoms with Gasteiger partial charge in [-0.05, 0) is 67.8 Å². The lowest BCUT2D eigenvalue weighted by molar-refractivity contribution is -0.135. The molecule has 0 saturated heterocycles. The number of anilines is 1. The third kappa shape index (κ3) is 5.29. The van der Waals surface area contributed by atoms with E-state index in [0.717, 1.165) is 28.2 Å². The molecule has 1 fully saturated rings. The number of carboxylic acids is 1. The van der Waals surface area contributed by atoms with Crippen LogP contribution in [0.2, 0.25) is 0 Å². The maximum atomic E-state index is 13.6. The van der Waals surface area contributed by atoms with E-state index in [2.05, 4.69) is 10.3 Å². The Labute approximate surface area is 229 Å². The van der Waals surface area contributed by atoms with Crippen molar-refractivity contribution in [2.75, 3.05) is 10.8 Å². The van der Waals surface area contributed by atoms with Gasteiger partial charge in [0, 0.05) is 45.9 Å². The van der Waals surface area contributed by atoms with Crippen molar-refractivity contribution >= 4 is 61.7 Å². The van der Waals surface area contributed by atoms with Crippen molar-refractivity contribution in [1.29, 1.82) is 0 Å². The molecule has 0 aliphatic heterocycles. The number of fused-ring (bicyclic) bond motifs is 1. The Morgan fingerprint density at radius 1 is 1.21 bits per heavy atom. The van der Waals surface area contributed by atoms with Crippen LogP contribution in [0.3, 0.4) is 0 Å². The first kappa shape index (κ1) is 26.3. The second-order valence-electron chi connectivity index (χ2n) is 9.36. The third-order valence-electron chi connectivity index (χ3n) is 6.45. The van der Waals surface area contributed by atoms with Crippen molar-refractivity contribution in [3.05, 3.63) is 76.1 Å². The van der Waals surface area contributed by atoms with E-state index in [4.69, 9.17) is 23.2 Å². The average molecular weight is 575 g/mol. The van der Waals surface area contributed by atoms with Crippen LogP contribution in [0.1, 0.15) is 35.2 Å². The zero-order valence-corrected chi connectivity index (χ0v) is 22.6. The summed E-state index contributed by atoms with van der Waals surface area (Å²) in [6, 6.07) is 8.47. The number of allylic oxidation sites excluding steroid dienone is 3. The lowest BCUT2D eigenvalue weighted by Gasteiger charge is -2.28. The number of hydrogen-bond acceptors (Lipinski definition) is 5. The van der Waals surface area contributed by atoms with Gasteiger partial charge in [-0.1, -0.05) is 23.2 Å². The predicted molar refractivity (Wildman–Crippen MR) is 146 cm³/mol. The largest absolute Gasteiger partial charge is 0.480 e. The Kier molecular flexibility index (Phi) is 6.97. The number of nitrogens with one attached hydrogen (secondary N) is 1. The van der Waals surface area contributed by atoms with Crippen LogP contribution in [-0.4, -0.2) is 52.8 Å². The van der Waals surface area contributed by atoms with Gasteiger partial charge in [0.1, 0.15) is 17.6 Å². The smallest absolute Gasteiger partial charge is 0.324 e. The predicted octanol–water partition coefficient (Wildman–Crippen LogP) is 4.46. The van der Waals surface area contributed by atoms with Gasteiger partial charge < -0.3 is 15.0 Å². The zero-order valence-electron chi connectivity index (χ0n) is 20.3. The Morgan fingerprint density at radius 3 is 2.66 bits per heavy atom. The first-order chi connectivity index (χ1) is 18.0. The number of aliphatic carboxylic acids is 1. The number of benzene rings is 1. The van der Waals surface area contributed by atoms with Crippen molar-refractivity contribution in [3.8, 4) is 5.82 Å². The number of rotatable bonds is 8. The Balaban J connectivity index is 1.53. The van der Waals surface area contributed by atoms with Gasteiger partial charge in [-0.3, -0.25) is 13.9 Å². The van der Waals surface area contributed by atoms with Crippen LogP contribution in [0, 0.1) is 6.92 Å². The lowest BCUT2D eigenvalue weighted by Crippen LogP contribution is -2.41. The molecule has 1 amide bonds. The van der Waals surface area contributed by atoms with Crippen molar-refractivity contribution < 1.29 is 23.1 Å². The monoisotopic (exact) mass is 574 g/mol. The zero-order chi connectivity index (χ0) is 27.2. The molecule has 1 aromatic carbocycles. The summed E-state index contributed by atoms with van der Waals surface area (Å²) in [5.74, 6) is -0.938. The molecule has 198 valence electrons. The van der Waals surface area contributed by atoms with Gasteiger partial charge in [0.2, 0.25) is 10.0 Å². The quantitative estimate of drug-likeness (QED) is 0.409. The van der Waals surface area contributed by atoms with Crippen LogP contribution in [0.4, 0.5) is 5.69 Å². The maximum Gasteiger partial charge on any atom is 0.324 e. The molecule has 2 aliphatic rings. The Bertz CT molecular complexity index is 1630. The van der Waals surface area contributed by atoms with E-state index >= 15 is 0 Å². The SMILES string of the molecule is Cc1cn(-c2cc(C(=O)NC3CC3)ccn2)c2ccc(N(CC(=O)O)S(=O)(=O)C3C=C(Cl)C=C(Cl)C3)cc12. The number of nitrogens with zero attached hydrogens (tertiary/aromatic N) is 3. The van der Waals surface area contributed by atoms with Gasteiger partial charge in [-0.2, -0.15) is 0 Å². The minimum absolute atomic E-state index is 0.00971. The number of halogens is 2. The molecule has 1 unspecified atom stereocenters. The molecular formula is C26H24Cl2N4O5S. The highest BCUT2D eigenvalue weighted by Gasteiger charge is 2.35. The van der Waals surface area contributed by atoms with Crippen LogP contribution in [0.25, 0.3) is 16.7 Å². The number of carbonyl (C=O) groups excluding carboxylic acids is 1. The van der Waals surface area contributed by atoms with E-state index in [-0.39, 0.29) is 34.1 Å². The molecule has 0 bridgehead atoms. The van der Waals surface area contributed by atoms with Crippen LogP contribution in [-0.2, 0) is 14.8 Å². The van der Waals surface area contributed by atoms with Gasteiger partial charge in [-0.15, -0.1) is 0 Å². The van der Waals surface area contributed by atoms with Crippen LogP contribution in [0.15, 0.2) is 64.9 Å². The van der Waals surface area contributed by atoms with E-state index in [9.17, 15) is 23.1 Å². The summed E-state index contributed by atoms with van der Waals surface area (Å²) in [6.45, 7) is 1.09. The number of sulfonamides is 1. The Morgan fingerprint density at radius 2 is 1.97 bits per heavy atom. The number of carbonyl (C=O) groups is 2. The van der Waals surface area contributed by atoms with Gasteiger partial charge in [0.05, 0.1) is 11.2 Å². The molecule has 2 N–H and O–H groups in total. The van der Waals surface area contributed by atoms with Crippen LogP contribution < -0.4 is 9.62 Å². The van der Waals surface area contributed by atoms with Crippen molar-refractivity contribution in [3.63, 3.8) is 0 Å². The summed E-state index contributed by atoms with van der Waals surface area (Å²) < 4.78 is 29.8. The summed E-state index contributed by atoms with van der Waals surface area (Å²) >= 11 is 12.1. The molecular weight excluding hydrogens is 551 g/mol. The van der Waals surface area contributed by atoms with Gasteiger partial charge >= 0.3 is 5.97 Å². The number of pyridine rings is 1. The highest BCUT2D eigenvalue weighted by Crippen LogP contribution is 2.34. The number of aromatic nitrogens is 2. The van der Waals surface area contributed by atoms with Gasteiger partial charge in [0.25, 0.3) is 5.91 Å². The molecule has 5 rings (SSSR count). The molecule has 1 atom stereocenters. The normalized spacial score (nSPS) is 17.6. The number of hydrogen-bond donors (Lipinski definition) is 2. The molecule has 2 heterocycles. The van der Waals surface area contributed by atoms with Crippen molar-refractivity contribution in [1.82, 2.24) is 14.9 Å². The van der Waals surface area contributed by atoms with Crippen LogP contribution in [0.5, 0.6) is 0 Å². The molecule has 1 saturated carbocycles. The minimum atomic E-state index is -4.18. The molecule has 9 nitrogen and oxygen atoms in total. The molecule has 2 aromatic heterocycles. The second-order valence-corrected chi connectivity index (χ2v) is 12.4. The summed E-state index contributed by atoms with van der Waals surface area (Å²) in [5, 5.41) is 12.5. The summed E-state index contributed by atoms with van der Waals surface area (Å²) in [4.78, 5) is 28.7. The van der Waals surface area contributed by atoms with E-state index in [1.807, 2.05) is 17.7 Å². The minimum Gasteiger partial charge on any atom is -0.480 e. The molecule has 12 heteroatoms. The topological polar surface area (TPSA) is 122 Å². The van der Waals surface area contributed by atoms with Crippen molar-refractivity contribution in [2.45, 2.75) is 37.5 Å². The molecule has 0 radical (unpaired) electrons. The summed E-state index contributed by atoms with van der Waals surface area (Å²) in [5.41, 5.74) is 2.22.